The highest BCUT2D eigenvalue weighted by Crippen LogP contribution is 2.31. The van der Waals surface area contributed by atoms with Gasteiger partial charge in [0, 0.05) is 18.6 Å². The van der Waals surface area contributed by atoms with Gasteiger partial charge in [0.05, 0.1) is 12.2 Å². The summed E-state index contributed by atoms with van der Waals surface area (Å²) in [5, 5.41) is 2.11. The lowest BCUT2D eigenvalue weighted by molar-refractivity contribution is 0.0498. The average molecular weight is 284 g/mol. The second-order valence-corrected chi connectivity index (χ2v) is 5.59. The first kappa shape index (κ1) is 14.1. The molecule has 0 amide bonds. The van der Waals surface area contributed by atoms with E-state index >= 15 is 0 Å². The van der Waals surface area contributed by atoms with E-state index in [9.17, 15) is 4.79 Å². The van der Waals surface area contributed by atoms with Crippen LogP contribution in [0, 0.1) is 5.92 Å². The summed E-state index contributed by atoms with van der Waals surface area (Å²) in [5.74, 6) is 1.28. The third-order valence-corrected chi connectivity index (χ3v) is 4.06. The van der Waals surface area contributed by atoms with Crippen LogP contribution in [0.3, 0.4) is 0 Å². The Morgan fingerprint density at radius 3 is 2.71 bits per heavy atom. The number of fused-ring (bicyclic) bond motifs is 1. The normalized spacial score (nSPS) is 16.0. The van der Waals surface area contributed by atoms with E-state index in [4.69, 9.17) is 9.47 Å². The van der Waals surface area contributed by atoms with Crippen LogP contribution >= 0.6 is 0 Å². The molecule has 3 nitrogen and oxygen atoms in total. The number of ether oxygens (including phenoxy) is 2. The van der Waals surface area contributed by atoms with E-state index in [-0.39, 0.29) is 5.78 Å². The summed E-state index contributed by atoms with van der Waals surface area (Å²) in [4.78, 5) is 11.9. The van der Waals surface area contributed by atoms with Gasteiger partial charge in [-0.25, -0.2) is 0 Å². The van der Waals surface area contributed by atoms with Crippen molar-refractivity contribution >= 4 is 16.6 Å². The van der Waals surface area contributed by atoms with Crippen molar-refractivity contribution in [3.63, 3.8) is 0 Å². The van der Waals surface area contributed by atoms with Gasteiger partial charge in [-0.15, -0.1) is 0 Å². The van der Waals surface area contributed by atoms with Crippen LogP contribution in [0.4, 0.5) is 0 Å². The third-order valence-electron chi connectivity index (χ3n) is 4.06. The monoisotopic (exact) mass is 284 g/mol. The number of benzene rings is 2. The molecule has 2 aromatic carbocycles. The zero-order valence-electron chi connectivity index (χ0n) is 12.3. The summed E-state index contributed by atoms with van der Waals surface area (Å²) in [6.45, 7) is 3.86. The highest BCUT2D eigenvalue weighted by molar-refractivity contribution is 6.03. The second kappa shape index (κ2) is 6.27. The smallest absolute Gasteiger partial charge is 0.163 e. The van der Waals surface area contributed by atoms with Gasteiger partial charge in [0.1, 0.15) is 5.75 Å². The SMILES string of the molecule is CC(=O)c1ccc2ccccc2c1OCC1CCOCC1. The van der Waals surface area contributed by atoms with Crippen LogP contribution in [0.5, 0.6) is 5.75 Å². The fourth-order valence-electron chi connectivity index (χ4n) is 2.79. The lowest BCUT2D eigenvalue weighted by Crippen LogP contribution is -2.22. The van der Waals surface area contributed by atoms with E-state index in [1.54, 1.807) is 6.92 Å². The molecule has 1 aliphatic rings. The van der Waals surface area contributed by atoms with Crippen LogP contribution in [0.15, 0.2) is 36.4 Å². The number of Topliss-reactive ketones (excluding diaryl/α,β-unsaturated/α-hetero) is 1. The van der Waals surface area contributed by atoms with Crippen molar-refractivity contribution in [2.45, 2.75) is 19.8 Å². The first-order valence-corrected chi connectivity index (χ1v) is 7.49. The minimum atomic E-state index is 0.0442. The summed E-state index contributed by atoms with van der Waals surface area (Å²) in [6.07, 6.45) is 2.06. The number of ketones is 1. The summed E-state index contributed by atoms with van der Waals surface area (Å²) < 4.78 is 11.4. The van der Waals surface area contributed by atoms with E-state index in [2.05, 4.69) is 0 Å². The Balaban J connectivity index is 1.90. The van der Waals surface area contributed by atoms with E-state index in [0.717, 1.165) is 42.6 Å². The summed E-state index contributed by atoms with van der Waals surface area (Å²) >= 11 is 0. The van der Waals surface area contributed by atoms with Crippen molar-refractivity contribution in [1.29, 1.82) is 0 Å². The lowest BCUT2D eigenvalue weighted by Gasteiger charge is -2.23. The fourth-order valence-corrected chi connectivity index (χ4v) is 2.79. The van der Waals surface area contributed by atoms with Gasteiger partial charge in [-0.3, -0.25) is 4.79 Å². The van der Waals surface area contributed by atoms with Crippen LogP contribution in [-0.2, 0) is 4.74 Å². The molecule has 0 aliphatic carbocycles. The molecule has 1 aliphatic heterocycles. The van der Waals surface area contributed by atoms with Gasteiger partial charge < -0.3 is 9.47 Å². The molecule has 0 N–H and O–H groups in total. The van der Waals surface area contributed by atoms with Crippen molar-refractivity contribution in [3.05, 3.63) is 42.0 Å². The van der Waals surface area contributed by atoms with Crippen molar-refractivity contribution in [1.82, 2.24) is 0 Å². The van der Waals surface area contributed by atoms with E-state index in [1.165, 1.54) is 0 Å². The van der Waals surface area contributed by atoms with Gasteiger partial charge >= 0.3 is 0 Å². The first-order chi connectivity index (χ1) is 10.3. The molecular weight excluding hydrogens is 264 g/mol. The highest BCUT2D eigenvalue weighted by atomic mass is 16.5. The van der Waals surface area contributed by atoms with Crippen molar-refractivity contribution in [2.24, 2.45) is 5.92 Å². The zero-order valence-corrected chi connectivity index (χ0v) is 12.3. The number of rotatable bonds is 4. The second-order valence-electron chi connectivity index (χ2n) is 5.59. The average Bonchev–Trinajstić information content (AvgIpc) is 2.53. The molecule has 1 heterocycles. The van der Waals surface area contributed by atoms with Crippen LogP contribution in [-0.4, -0.2) is 25.6 Å². The van der Waals surface area contributed by atoms with Gasteiger partial charge in [-0.2, -0.15) is 0 Å². The molecule has 1 fully saturated rings. The van der Waals surface area contributed by atoms with Crippen molar-refractivity contribution in [3.8, 4) is 5.75 Å². The quantitative estimate of drug-likeness (QED) is 0.800. The molecule has 2 aromatic rings. The Labute approximate surface area is 124 Å². The summed E-state index contributed by atoms with van der Waals surface area (Å²) in [5.41, 5.74) is 0.667. The van der Waals surface area contributed by atoms with Gasteiger partial charge in [0.2, 0.25) is 0 Å². The van der Waals surface area contributed by atoms with Crippen molar-refractivity contribution in [2.75, 3.05) is 19.8 Å². The maximum absolute atomic E-state index is 11.9. The Bertz CT molecular complexity index is 642. The molecule has 0 radical (unpaired) electrons. The molecule has 21 heavy (non-hydrogen) atoms. The Hall–Kier alpha value is -1.87. The maximum Gasteiger partial charge on any atom is 0.163 e. The third kappa shape index (κ3) is 3.08. The molecule has 0 atom stereocenters. The van der Waals surface area contributed by atoms with Crippen LogP contribution < -0.4 is 4.74 Å². The predicted octanol–water partition coefficient (Wildman–Crippen LogP) is 3.85. The molecule has 110 valence electrons. The van der Waals surface area contributed by atoms with Gasteiger partial charge in [-0.05, 0) is 37.1 Å². The van der Waals surface area contributed by atoms with Crippen LogP contribution in [0.2, 0.25) is 0 Å². The largest absolute Gasteiger partial charge is 0.492 e. The molecule has 1 saturated heterocycles. The molecule has 0 unspecified atom stereocenters. The summed E-state index contributed by atoms with van der Waals surface area (Å²) in [7, 11) is 0. The predicted molar refractivity (Wildman–Crippen MR) is 83.0 cm³/mol. The minimum absolute atomic E-state index is 0.0442. The molecule has 0 bridgehead atoms. The number of carbonyl (C=O) groups is 1. The van der Waals surface area contributed by atoms with Crippen LogP contribution in [0.1, 0.15) is 30.1 Å². The maximum atomic E-state index is 11.9. The Kier molecular flexibility index (Phi) is 4.20. The van der Waals surface area contributed by atoms with Crippen molar-refractivity contribution < 1.29 is 14.3 Å². The van der Waals surface area contributed by atoms with E-state index < -0.39 is 0 Å². The lowest BCUT2D eigenvalue weighted by atomic mass is 10.0. The zero-order chi connectivity index (χ0) is 14.7. The number of hydrogen-bond donors (Lipinski definition) is 0. The molecule has 0 aromatic heterocycles. The number of carbonyl (C=O) groups excluding carboxylic acids is 1. The Morgan fingerprint density at radius 1 is 1.19 bits per heavy atom. The first-order valence-electron chi connectivity index (χ1n) is 7.49. The molecule has 3 rings (SSSR count). The standard InChI is InChI=1S/C18H20O3/c1-13(19)16-7-6-15-4-2-3-5-17(15)18(16)21-12-14-8-10-20-11-9-14/h2-7,14H,8-12H2,1H3. The van der Waals surface area contributed by atoms with Gasteiger partial charge in [0.25, 0.3) is 0 Å². The van der Waals surface area contributed by atoms with E-state index in [1.807, 2.05) is 36.4 Å². The molecule has 0 saturated carbocycles. The molecule has 0 spiro atoms. The van der Waals surface area contributed by atoms with Gasteiger partial charge in [-0.1, -0.05) is 30.3 Å². The summed E-state index contributed by atoms with van der Waals surface area (Å²) in [6, 6.07) is 11.9. The fraction of sp³-hybridized carbons (Fsp3) is 0.389. The molecule has 3 heteroatoms. The Morgan fingerprint density at radius 2 is 1.95 bits per heavy atom. The minimum Gasteiger partial charge on any atom is -0.492 e. The molecular formula is C18H20O3. The van der Waals surface area contributed by atoms with Crippen LogP contribution in [0.25, 0.3) is 10.8 Å². The highest BCUT2D eigenvalue weighted by Gasteiger charge is 2.17. The van der Waals surface area contributed by atoms with E-state index in [0.29, 0.717) is 18.1 Å². The van der Waals surface area contributed by atoms with Gasteiger partial charge in [0.15, 0.2) is 5.78 Å². The topological polar surface area (TPSA) is 35.5 Å². The number of hydrogen-bond acceptors (Lipinski definition) is 3.